The van der Waals surface area contributed by atoms with Crippen LogP contribution in [0, 0.1) is 0 Å². The van der Waals surface area contributed by atoms with Crippen LogP contribution >= 0.6 is 15.9 Å². The molecule has 0 aliphatic heterocycles. The molecule has 2 nitrogen and oxygen atoms in total. The highest BCUT2D eigenvalue weighted by molar-refractivity contribution is 9.10. The summed E-state index contributed by atoms with van der Waals surface area (Å²) in [6.07, 6.45) is 3.26. The predicted molar refractivity (Wildman–Crippen MR) is 84.3 cm³/mol. The molecule has 1 aromatic carbocycles. The van der Waals surface area contributed by atoms with E-state index in [-0.39, 0.29) is 6.04 Å². The minimum Gasteiger partial charge on any atom is -0.371 e. The molecule has 1 atom stereocenters. The van der Waals surface area contributed by atoms with Crippen LogP contribution in [0.1, 0.15) is 39.2 Å². The molecule has 1 aromatic rings. The summed E-state index contributed by atoms with van der Waals surface area (Å²) in [5.74, 6) is 0. The van der Waals surface area contributed by atoms with Crippen LogP contribution < -0.4 is 10.6 Å². The van der Waals surface area contributed by atoms with Crippen molar-refractivity contribution >= 4 is 21.6 Å². The first-order valence-electron chi connectivity index (χ1n) is 6.76. The lowest BCUT2D eigenvalue weighted by Crippen LogP contribution is -2.30. The van der Waals surface area contributed by atoms with Crippen LogP contribution in [0.2, 0.25) is 0 Å². The van der Waals surface area contributed by atoms with Gasteiger partial charge >= 0.3 is 0 Å². The van der Waals surface area contributed by atoms with Gasteiger partial charge in [0.2, 0.25) is 0 Å². The molecule has 0 saturated heterocycles. The topological polar surface area (TPSA) is 29.3 Å². The first-order chi connectivity index (χ1) is 8.49. The van der Waals surface area contributed by atoms with Crippen LogP contribution in [-0.2, 0) is 6.42 Å². The average molecular weight is 313 g/mol. The van der Waals surface area contributed by atoms with Gasteiger partial charge in [-0.3, -0.25) is 0 Å². The normalized spacial score (nSPS) is 12.8. The molecule has 0 radical (unpaired) electrons. The average Bonchev–Trinajstić information content (AvgIpc) is 2.29. The van der Waals surface area contributed by atoms with Gasteiger partial charge in [-0.25, -0.2) is 0 Å². The van der Waals surface area contributed by atoms with E-state index in [1.54, 1.807) is 0 Å². The van der Waals surface area contributed by atoms with Crippen LogP contribution in [0.5, 0.6) is 0 Å². The van der Waals surface area contributed by atoms with Crippen molar-refractivity contribution in [3.63, 3.8) is 0 Å². The molecule has 0 aliphatic rings. The van der Waals surface area contributed by atoms with Crippen molar-refractivity contribution in [2.45, 2.75) is 52.1 Å². The zero-order valence-electron chi connectivity index (χ0n) is 11.9. The van der Waals surface area contributed by atoms with Crippen molar-refractivity contribution in [2.75, 3.05) is 11.9 Å². The van der Waals surface area contributed by atoms with E-state index in [2.05, 4.69) is 59.9 Å². The lowest BCUT2D eigenvalue weighted by Gasteiger charge is -2.29. The molecule has 0 aliphatic carbocycles. The van der Waals surface area contributed by atoms with Gasteiger partial charge in [0.05, 0.1) is 5.69 Å². The number of hydrogen-bond acceptors (Lipinski definition) is 2. The summed E-state index contributed by atoms with van der Waals surface area (Å²) in [7, 11) is 2.17. The van der Waals surface area contributed by atoms with E-state index in [1.807, 2.05) is 6.92 Å². The van der Waals surface area contributed by atoms with Gasteiger partial charge in [-0.05, 0) is 59.8 Å². The quantitative estimate of drug-likeness (QED) is 0.861. The van der Waals surface area contributed by atoms with Gasteiger partial charge < -0.3 is 10.6 Å². The van der Waals surface area contributed by atoms with E-state index < -0.39 is 0 Å². The van der Waals surface area contributed by atoms with E-state index in [1.165, 1.54) is 24.1 Å². The Morgan fingerprint density at radius 1 is 1.28 bits per heavy atom. The van der Waals surface area contributed by atoms with Gasteiger partial charge in [-0.2, -0.15) is 0 Å². The molecule has 18 heavy (non-hydrogen) atoms. The molecule has 0 bridgehead atoms. The van der Waals surface area contributed by atoms with Gasteiger partial charge in [0.15, 0.2) is 0 Å². The second kappa shape index (κ2) is 7.15. The Balaban J connectivity index is 2.91. The summed E-state index contributed by atoms with van der Waals surface area (Å²) in [4.78, 5) is 2.36. The highest BCUT2D eigenvalue weighted by atomic mass is 79.9. The first kappa shape index (κ1) is 15.5. The molecule has 0 spiro atoms. The molecular formula is C15H25BrN2. The number of anilines is 1. The fraction of sp³-hybridized carbons (Fsp3) is 0.600. The zero-order chi connectivity index (χ0) is 13.7. The third-order valence-corrected chi connectivity index (χ3v) is 4.08. The Hall–Kier alpha value is -0.540. The third-order valence-electron chi connectivity index (χ3n) is 3.44. The molecule has 0 heterocycles. The van der Waals surface area contributed by atoms with E-state index in [9.17, 15) is 0 Å². The van der Waals surface area contributed by atoms with E-state index in [0.717, 1.165) is 10.9 Å². The number of halogens is 1. The summed E-state index contributed by atoms with van der Waals surface area (Å²) < 4.78 is 1.16. The van der Waals surface area contributed by atoms with Crippen LogP contribution in [-0.4, -0.2) is 19.1 Å². The molecule has 2 N–H and O–H groups in total. The maximum Gasteiger partial charge on any atom is 0.0510 e. The Morgan fingerprint density at radius 2 is 1.89 bits per heavy atom. The fourth-order valence-electron chi connectivity index (χ4n) is 2.37. The lowest BCUT2D eigenvalue weighted by atomic mass is 10.1. The molecule has 0 amide bonds. The number of rotatable bonds is 6. The number of hydrogen-bond donors (Lipinski definition) is 1. The molecule has 1 rings (SSSR count). The monoisotopic (exact) mass is 312 g/mol. The van der Waals surface area contributed by atoms with Gasteiger partial charge in [0.1, 0.15) is 0 Å². The van der Waals surface area contributed by atoms with Gasteiger partial charge in [-0.15, -0.1) is 0 Å². The zero-order valence-corrected chi connectivity index (χ0v) is 13.5. The number of benzene rings is 1. The van der Waals surface area contributed by atoms with Crippen LogP contribution in [0.25, 0.3) is 0 Å². The van der Waals surface area contributed by atoms with Crippen molar-refractivity contribution in [1.82, 2.24) is 0 Å². The molecule has 0 aromatic heterocycles. The van der Waals surface area contributed by atoms with E-state index >= 15 is 0 Å². The molecular weight excluding hydrogens is 288 g/mol. The Kier molecular flexibility index (Phi) is 6.16. The van der Waals surface area contributed by atoms with Gasteiger partial charge in [0, 0.05) is 23.6 Å². The maximum absolute atomic E-state index is 5.84. The van der Waals surface area contributed by atoms with Crippen LogP contribution in [0.3, 0.4) is 0 Å². The van der Waals surface area contributed by atoms with E-state index in [0.29, 0.717) is 6.04 Å². The Morgan fingerprint density at radius 3 is 2.33 bits per heavy atom. The second-order valence-corrected chi connectivity index (χ2v) is 5.90. The van der Waals surface area contributed by atoms with Gasteiger partial charge in [-0.1, -0.05) is 19.9 Å². The van der Waals surface area contributed by atoms with Crippen molar-refractivity contribution in [3.8, 4) is 0 Å². The van der Waals surface area contributed by atoms with Crippen molar-refractivity contribution < 1.29 is 0 Å². The summed E-state index contributed by atoms with van der Waals surface area (Å²) in [5, 5.41) is 0. The summed E-state index contributed by atoms with van der Waals surface area (Å²) >= 11 is 3.68. The number of nitrogens with zero attached hydrogens (tertiary/aromatic N) is 1. The standard InChI is InChI=1S/C15H25BrN2/c1-5-13(6-2)18(4)15-8-7-12(9-11(3)17)10-14(15)16/h7-8,10-11,13H,5-6,9,17H2,1-4H3. The summed E-state index contributed by atoms with van der Waals surface area (Å²) in [6, 6.07) is 7.38. The lowest BCUT2D eigenvalue weighted by molar-refractivity contribution is 0.591. The van der Waals surface area contributed by atoms with Crippen molar-refractivity contribution in [3.05, 3.63) is 28.2 Å². The molecule has 0 fully saturated rings. The van der Waals surface area contributed by atoms with Gasteiger partial charge in [0.25, 0.3) is 0 Å². The van der Waals surface area contributed by atoms with E-state index in [4.69, 9.17) is 5.73 Å². The van der Waals surface area contributed by atoms with Crippen molar-refractivity contribution in [1.29, 1.82) is 0 Å². The smallest absolute Gasteiger partial charge is 0.0510 e. The minimum atomic E-state index is 0.208. The maximum atomic E-state index is 5.84. The highest BCUT2D eigenvalue weighted by Gasteiger charge is 2.14. The largest absolute Gasteiger partial charge is 0.371 e. The molecule has 1 unspecified atom stereocenters. The third kappa shape index (κ3) is 3.99. The van der Waals surface area contributed by atoms with Crippen molar-refractivity contribution in [2.24, 2.45) is 5.73 Å². The first-order valence-corrected chi connectivity index (χ1v) is 7.55. The predicted octanol–water partition coefficient (Wildman–Crippen LogP) is 3.96. The molecule has 0 saturated carbocycles. The number of nitrogens with two attached hydrogens (primary N) is 1. The highest BCUT2D eigenvalue weighted by Crippen LogP contribution is 2.29. The Labute approximate surface area is 120 Å². The molecule has 3 heteroatoms. The summed E-state index contributed by atoms with van der Waals surface area (Å²) in [6.45, 7) is 6.52. The SMILES string of the molecule is CCC(CC)N(C)c1ccc(CC(C)N)cc1Br. The van der Waals surface area contributed by atoms with Crippen LogP contribution in [0.4, 0.5) is 5.69 Å². The van der Waals surface area contributed by atoms with Crippen LogP contribution in [0.15, 0.2) is 22.7 Å². The molecule has 102 valence electrons. The minimum absolute atomic E-state index is 0.208. The Bertz CT molecular complexity index is 373. The summed E-state index contributed by atoms with van der Waals surface area (Å²) in [5.41, 5.74) is 8.39. The fourth-order valence-corrected chi connectivity index (χ4v) is 3.07. The second-order valence-electron chi connectivity index (χ2n) is 5.05.